The molecule has 2 fully saturated rings. The Morgan fingerprint density at radius 1 is 1.05 bits per heavy atom. The van der Waals surface area contributed by atoms with E-state index in [1.54, 1.807) is 0 Å². The lowest BCUT2D eigenvalue weighted by molar-refractivity contribution is 0.0955. The van der Waals surface area contributed by atoms with E-state index in [2.05, 4.69) is 41.8 Å². The van der Waals surface area contributed by atoms with Crippen molar-refractivity contribution in [3.8, 4) is 0 Å². The molecule has 1 saturated heterocycles. The predicted octanol–water partition coefficient (Wildman–Crippen LogP) is 2.33. The van der Waals surface area contributed by atoms with Gasteiger partial charge in [0.15, 0.2) is 0 Å². The molecule has 3 nitrogen and oxygen atoms in total. The Labute approximate surface area is 129 Å². The summed E-state index contributed by atoms with van der Waals surface area (Å²) in [4.78, 5) is 5.22. The Morgan fingerprint density at radius 3 is 2.19 bits per heavy atom. The van der Waals surface area contributed by atoms with Crippen molar-refractivity contribution in [1.82, 2.24) is 9.80 Å². The molecule has 1 unspecified atom stereocenters. The number of nitrogens with zero attached hydrogens (tertiary/aromatic N) is 2. The molecular weight excluding hydrogens is 258 g/mol. The fraction of sp³-hybridized carbons (Fsp3) is 0.667. The third kappa shape index (κ3) is 3.85. The first-order valence-electron chi connectivity index (χ1n) is 8.40. The monoisotopic (exact) mass is 287 g/mol. The van der Waals surface area contributed by atoms with E-state index in [-0.39, 0.29) is 0 Å². The van der Waals surface area contributed by atoms with Gasteiger partial charge in [0, 0.05) is 45.3 Å². The molecule has 0 spiro atoms. The second-order valence-corrected chi connectivity index (χ2v) is 6.95. The maximum atomic E-state index is 6.11. The summed E-state index contributed by atoms with van der Waals surface area (Å²) in [6, 6.07) is 7.24. The first kappa shape index (κ1) is 15.0. The molecule has 0 radical (unpaired) electrons. The highest BCUT2D eigenvalue weighted by Crippen LogP contribution is 2.30. The molecule has 1 saturated carbocycles. The predicted molar refractivity (Wildman–Crippen MR) is 88.4 cm³/mol. The lowest BCUT2D eigenvalue weighted by Crippen LogP contribution is -2.49. The molecule has 1 atom stereocenters. The van der Waals surface area contributed by atoms with Crippen molar-refractivity contribution in [3.05, 3.63) is 34.9 Å². The van der Waals surface area contributed by atoms with Crippen LogP contribution in [0.15, 0.2) is 18.2 Å². The lowest BCUT2D eigenvalue weighted by Gasteiger charge is -2.39. The zero-order valence-corrected chi connectivity index (χ0v) is 13.5. The van der Waals surface area contributed by atoms with Crippen LogP contribution in [-0.2, 0) is 0 Å². The van der Waals surface area contributed by atoms with Crippen LogP contribution in [-0.4, -0.2) is 49.1 Å². The van der Waals surface area contributed by atoms with Crippen molar-refractivity contribution < 1.29 is 0 Å². The Balaban J connectivity index is 1.63. The average Bonchev–Trinajstić information content (AvgIpc) is 3.24. The van der Waals surface area contributed by atoms with Gasteiger partial charge in [-0.25, -0.2) is 0 Å². The SMILES string of the molecule is Cc1cc(C)cc(C(CN)N2CCN(CC3CC3)CC2)c1. The van der Waals surface area contributed by atoms with Crippen LogP contribution in [0.1, 0.15) is 35.6 Å². The van der Waals surface area contributed by atoms with Gasteiger partial charge in [0.1, 0.15) is 0 Å². The summed E-state index contributed by atoms with van der Waals surface area (Å²) in [6.07, 6.45) is 2.91. The van der Waals surface area contributed by atoms with Crippen LogP contribution < -0.4 is 5.73 Å². The van der Waals surface area contributed by atoms with Crippen LogP contribution in [0, 0.1) is 19.8 Å². The summed E-state index contributed by atoms with van der Waals surface area (Å²) in [7, 11) is 0. The molecular formula is C18H29N3. The molecule has 21 heavy (non-hydrogen) atoms. The molecule has 0 amide bonds. The van der Waals surface area contributed by atoms with E-state index in [0.29, 0.717) is 12.6 Å². The highest BCUT2D eigenvalue weighted by Gasteiger charge is 2.28. The molecule has 3 rings (SSSR count). The minimum Gasteiger partial charge on any atom is -0.329 e. The van der Waals surface area contributed by atoms with Crippen LogP contribution in [0.5, 0.6) is 0 Å². The molecule has 1 aromatic rings. The van der Waals surface area contributed by atoms with Crippen LogP contribution in [0.3, 0.4) is 0 Å². The van der Waals surface area contributed by atoms with Gasteiger partial charge in [-0.3, -0.25) is 4.90 Å². The summed E-state index contributed by atoms with van der Waals surface area (Å²) < 4.78 is 0. The number of piperazine rings is 1. The molecule has 1 aromatic carbocycles. The molecule has 116 valence electrons. The van der Waals surface area contributed by atoms with E-state index in [1.165, 1.54) is 49.2 Å². The van der Waals surface area contributed by atoms with E-state index >= 15 is 0 Å². The van der Waals surface area contributed by atoms with Gasteiger partial charge in [-0.15, -0.1) is 0 Å². The van der Waals surface area contributed by atoms with E-state index in [4.69, 9.17) is 5.73 Å². The topological polar surface area (TPSA) is 32.5 Å². The highest BCUT2D eigenvalue weighted by molar-refractivity contribution is 5.31. The van der Waals surface area contributed by atoms with Gasteiger partial charge in [-0.2, -0.15) is 0 Å². The van der Waals surface area contributed by atoms with Crippen molar-refractivity contribution in [2.75, 3.05) is 39.3 Å². The molecule has 2 aliphatic rings. The first-order valence-corrected chi connectivity index (χ1v) is 8.40. The number of hydrogen-bond donors (Lipinski definition) is 1. The van der Waals surface area contributed by atoms with Crippen molar-refractivity contribution >= 4 is 0 Å². The van der Waals surface area contributed by atoms with Gasteiger partial charge in [0.25, 0.3) is 0 Å². The van der Waals surface area contributed by atoms with Crippen LogP contribution in [0.25, 0.3) is 0 Å². The number of hydrogen-bond acceptors (Lipinski definition) is 3. The molecule has 1 aliphatic heterocycles. The molecule has 3 heteroatoms. The second-order valence-electron chi connectivity index (χ2n) is 6.95. The quantitative estimate of drug-likeness (QED) is 0.902. The maximum Gasteiger partial charge on any atom is 0.0471 e. The van der Waals surface area contributed by atoms with Crippen LogP contribution >= 0.6 is 0 Å². The Kier molecular flexibility index (Phi) is 4.63. The Morgan fingerprint density at radius 2 is 1.67 bits per heavy atom. The molecule has 1 aliphatic carbocycles. The standard InChI is InChI=1S/C18H29N3/c1-14-9-15(2)11-17(10-14)18(12-19)21-7-5-20(6-8-21)13-16-3-4-16/h9-11,16,18H,3-8,12-13,19H2,1-2H3. The summed E-state index contributed by atoms with van der Waals surface area (Å²) >= 11 is 0. The van der Waals surface area contributed by atoms with Crippen LogP contribution in [0.4, 0.5) is 0 Å². The minimum absolute atomic E-state index is 0.381. The summed E-state index contributed by atoms with van der Waals surface area (Å²) in [5.41, 5.74) is 10.2. The molecule has 1 heterocycles. The summed E-state index contributed by atoms with van der Waals surface area (Å²) in [5.74, 6) is 1.00. The van der Waals surface area contributed by atoms with Crippen molar-refractivity contribution in [2.24, 2.45) is 11.7 Å². The third-order valence-corrected chi connectivity index (χ3v) is 4.91. The summed E-state index contributed by atoms with van der Waals surface area (Å²) in [5, 5.41) is 0. The number of nitrogens with two attached hydrogens (primary N) is 1. The largest absolute Gasteiger partial charge is 0.329 e. The van der Waals surface area contributed by atoms with Crippen LogP contribution in [0.2, 0.25) is 0 Å². The van der Waals surface area contributed by atoms with E-state index in [1.807, 2.05) is 0 Å². The van der Waals surface area contributed by atoms with E-state index in [0.717, 1.165) is 19.0 Å². The highest BCUT2D eigenvalue weighted by atomic mass is 15.3. The Hall–Kier alpha value is -0.900. The van der Waals surface area contributed by atoms with Crippen molar-refractivity contribution in [2.45, 2.75) is 32.7 Å². The molecule has 0 aromatic heterocycles. The van der Waals surface area contributed by atoms with Gasteiger partial charge >= 0.3 is 0 Å². The van der Waals surface area contributed by atoms with Gasteiger partial charge in [-0.1, -0.05) is 29.3 Å². The fourth-order valence-corrected chi connectivity index (χ4v) is 3.62. The normalized spacial score (nSPS) is 22.4. The van der Waals surface area contributed by atoms with E-state index in [9.17, 15) is 0 Å². The van der Waals surface area contributed by atoms with Gasteiger partial charge < -0.3 is 10.6 Å². The van der Waals surface area contributed by atoms with Crippen molar-refractivity contribution in [3.63, 3.8) is 0 Å². The maximum absolute atomic E-state index is 6.11. The number of rotatable bonds is 5. The van der Waals surface area contributed by atoms with Gasteiger partial charge in [-0.05, 0) is 38.2 Å². The first-order chi connectivity index (χ1) is 10.2. The fourth-order valence-electron chi connectivity index (χ4n) is 3.62. The number of benzene rings is 1. The second kappa shape index (κ2) is 6.47. The molecule has 0 bridgehead atoms. The zero-order valence-electron chi connectivity index (χ0n) is 13.5. The van der Waals surface area contributed by atoms with E-state index < -0.39 is 0 Å². The summed E-state index contributed by atoms with van der Waals surface area (Å²) in [6.45, 7) is 11.1. The average molecular weight is 287 g/mol. The zero-order chi connectivity index (χ0) is 14.8. The van der Waals surface area contributed by atoms with Gasteiger partial charge in [0.05, 0.1) is 0 Å². The van der Waals surface area contributed by atoms with Crippen molar-refractivity contribution in [1.29, 1.82) is 0 Å². The molecule has 2 N–H and O–H groups in total. The lowest BCUT2D eigenvalue weighted by atomic mass is 9.99. The third-order valence-electron chi connectivity index (χ3n) is 4.91. The van der Waals surface area contributed by atoms with Gasteiger partial charge in [0.2, 0.25) is 0 Å². The minimum atomic E-state index is 0.381. The Bertz CT molecular complexity index is 453. The smallest absolute Gasteiger partial charge is 0.0471 e. The number of aryl methyl sites for hydroxylation is 2.